The Hall–Kier alpha value is -1.04. The molecule has 0 spiro atoms. The summed E-state index contributed by atoms with van der Waals surface area (Å²) < 4.78 is 12.3. The molecule has 1 aromatic carbocycles. The van der Waals surface area contributed by atoms with E-state index in [9.17, 15) is 0 Å². The lowest BCUT2D eigenvalue weighted by molar-refractivity contribution is 0.171. The van der Waals surface area contributed by atoms with Crippen LogP contribution in [0.5, 0.6) is 11.5 Å². The molecule has 2 heterocycles. The Morgan fingerprint density at radius 1 is 1.24 bits per heavy atom. The normalized spacial score (nSPS) is 15.0. The lowest BCUT2D eigenvalue weighted by atomic mass is 10.1. The van der Waals surface area contributed by atoms with E-state index in [-0.39, 0.29) is 6.04 Å². The van der Waals surface area contributed by atoms with Crippen molar-refractivity contribution in [2.24, 2.45) is 0 Å². The molecule has 21 heavy (non-hydrogen) atoms. The molecular formula is C16H18BrNO2S. The highest BCUT2D eigenvalue weighted by Gasteiger charge is 2.17. The highest BCUT2D eigenvalue weighted by atomic mass is 79.9. The number of thiophene rings is 1. The second kappa shape index (κ2) is 6.38. The van der Waals surface area contributed by atoms with Gasteiger partial charge in [-0.3, -0.25) is 0 Å². The molecule has 1 atom stereocenters. The van der Waals surface area contributed by atoms with Crippen molar-refractivity contribution in [3.05, 3.63) is 44.1 Å². The van der Waals surface area contributed by atoms with Crippen molar-refractivity contribution in [1.82, 2.24) is 5.32 Å². The van der Waals surface area contributed by atoms with Gasteiger partial charge in [-0.15, -0.1) is 11.3 Å². The average Bonchev–Trinajstić information content (AvgIpc) is 2.89. The maximum absolute atomic E-state index is 5.66. The SMILES string of the molecule is Cc1ccc(CNC(C)c2cc3c(cc2Br)OCCO3)s1. The van der Waals surface area contributed by atoms with Gasteiger partial charge in [0.05, 0.1) is 0 Å². The second-order valence-corrected chi connectivity index (χ2v) is 7.36. The molecule has 0 saturated heterocycles. The number of halogens is 1. The standard InChI is InChI=1S/C16H18BrNO2S/c1-10-3-4-12(21-10)9-18-11(2)13-7-15-16(8-14(13)17)20-6-5-19-15/h3-4,7-8,11,18H,5-6,9H2,1-2H3. The molecule has 1 aromatic heterocycles. The molecule has 0 bridgehead atoms. The molecular weight excluding hydrogens is 350 g/mol. The molecule has 112 valence electrons. The summed E-state index contributed by atoms with van der Waals surface area (Å²) in [7, 11) is 0. The van der Waals surface area contributed by atoms with Crippen LogP contribution in [-0.4, -0.2) is 13.2 Å². The summed E-state index contributed by atoms with van der Waals surface area (Å²) in [5.41, 5.74) is 1.19. The Morgan fingerprint density at radius 3 is 2.62 bits per heavy atom. The zero-order valence-electron chi connectivity index (χ0n) is 12.1. The fraction of sp³-hybridized carbons (Fsp3) is 0.375. The highest BCUT2D eigenvalue weighted by Crippen LogP contribution is 2.37. The van der Waals surface area contributed by atoms with Gasteiger partial charge in [0.25, 0.3) is 0 Å². The Morgan fingerprint density at radius 2 is 1.95 bits per heavy atom. The van der Waals surface area contributed by atoms with E-state index in [4.69, 9.17) is 9.47 Å². The number of fused-ring (bicyclic) bond motifs is 1. The minimum absolute atomic E-state index is 0.234. The van der Waals surface area contributed by atoms with Crippen LogP contribution in [-0.2, 0) is 6.54 Å². The third-order valence-electron chi connectivity index (χ3n) is 3.51. The van der Waals surface area contributed by atoms with Gasteiger partial charge in [-0.25, -0.2) is 0 Å². The van der Waals surface area contributed by atoms with Crippen LogP contribution in [0.2, 0.25) is 0 Å². The van der Waals surface area contributed by atoms with Gasteiger partial charge in [0, 0.05) is 26.8 Å². The Labute approximate surface area is 137 Å². The van der Waals surface area contributed by atoms with Crippen LogP contribution in [0.25, 0.3) is 0 Å². The predicted molar refractivity (Wildman–Crippen MR) is 89.4 cm³/mol. The summed E-state index contributed by atoms with van der Waals surface area (Å²) >= 11 is 5.47. The number of benzene rings is 1. The number of nitrogens with one attached hydrogen (secondary N) is 1. The smallest absolute Gasteiger partial charge is 0.162 e. The quantitative estimate of drug-likeness (QED) is 0.866. The van der Waals surface area contributed by atoms with Crippen molar-refractivity contribution in [1.29, 1.82) is 0 Å². The maximum atomic E-state index is 5.66. The fourth-order valence-corrected chi connectivity index (χ4v) is 3.86. The average molecular weight is 368 g/mol. The van der Waals surface area contributed by atoms with E-state index in [2.05, 4.69) is 53.3 Å². The summed E-state index contributed by atoms with van der Waals surface area (Å²) in [6, 6.07) is 8.63. The molecule has 1 N–H and O–H groups in total. The van der Waals surface area contributed by atoms with Crippen molar-refractivity contribution in [2.75, 3.05) is 13.2 Å². The number of hydrogen-bond acceptors (Lipinski definition) is 4. The van der Waals surface area contributed by atoms with Crippen molar-refractivity contribution >= 4 is 27.3 Å². The van der Waals surface area contributed by atoms with Crippen LogP contribution in [0.3, 0.4) is 0 Å². The predicted octanol–water partition coefficient (Wildman–Crippen LogP) is 4.44. The third-order valence-corrected chi connectivity index (χ3v) is 5.19. The van der Waals surface area contributed by atoms with Gasteiger partial charge in [0.2, 0.25) is 0 Å². The molecule has 1 unspecified atom stereocenters. The first kappa shape index (κ1) is 14.9. The lowest BCUT2D eigenvalue weighted by Crippen LogP contribution is -2.19. The molecule has 2 aromatic rings. The summed E-state index contributed by atoms with van der Waals surface area (Å²) in [5.74, 6) is 1.65. The highest BCUT2D eigenvalue weighted by molar-refractivity contribution is 9.10. The van der Waals surface area contributed by atoms with Gasteiger partial charge >= 0.3 is 0 Å². The molecule has 0 fully saturated rings. The first-order chi connectivity index (χ1) is 10.1. The molecule has 0 saturated carbocycles. The lowest BCUT2D eigenvalue weighted by Gasteiger charge is -2.22. The van der Waals surface area contributed by atoms with Gasteiger partial charge in [0.1, 0.15) is 13.2 Å². The molecule has 5 heteroatoms. The van der Waals surface area contributed by atoms with E-state index in [0.717, 1.165) is 22.5 Å². The van der Waals surface area contributed by atoms with Crippen molar-refractivity contribution < 1.29 is 9.47 Å². The Kier molecular flexibility index (Phi) is 4.52. The van der Waals surface area contributed by atoms with Crippen molar-refractivity contribution in [3.8, 4) is 11.5 Å². The van der Waals surface area contributed by atoms with Crippen LogP contribution in [0.15, 0.2) is 28.7 Å². The van der Waals surface area contributed by atoms with E-state index < -0.39 is 0 Å². The molecule has 0 radical (unpaired) electrons. The molecule has 0 aliphatic carbocycles. The monoisotopic (exact) mass is 367 g/mol. The number of ether oxygens (including phenoxy) is 2. The first-order valence-corrected chi connectivity index (χ1v) is 8.62. The van der Waals surface area contributed by atoms with Gasteiger partial charge in [0.15, 0.2) is 11.5 Å². The van der Waals surface area contributed by atoms with Gasteiger partial charge in [-0.05, 0) is 43.7 Å². The van der Waals surface area contributed by atoms with E-state index in [1.165, 1.54) is 15.3 Å². The summed E-state index contributed by atoms with van der Waals surface area (Å²) in [5, 5.41) is 3.56. The van der Waals surface area contributed by atoms with Crippen molar-refractivity contribution in [3.63, 3.8) is 0 Å². The number of rotatable bonds is 4. The minimum Gasteiger partial charge on any atom is -0.486 e. The minimum atomic E-state index is 0.234. The van der Waals surface area contributed by atoms with Crippen molar-refractivity contribution in [2.45, 2.75) is 26.4 Å². The summed E-state index contributed by atoms with van der Waals surface area (Å²) in [6.07, 6.45) is 0. The molecule has 3 nitrogen and oxygen atoms in total. The van der Waals surface area contributed by atoms with E-state index >= 15 is 0 Å². The van der Waals surface area contributed by atoms with Gasteiger partial charge in [-0.2, -0.15) is 0 Å². The maximum Gasteiger partial charge on any atom is 0.162 e. The van der Waals surface area contributed by atoms with E-state index in [0.29, 0.717) is 13.2 Å². The third kappa shape index (κ3) is 3.42. The first-order valence-electron chi connectivity index (χ1n) is 7.01. The molecule has 3 rings (SSSR count). The van der Waals surface area contributed by atoms with E-state index in [1.54, 1.807) is 0 Å². The fourth-order valence-electron chi connectivity index (χ4n) is 2.36. The van der Waals surface area contributed by atoms with Crippen LogP contribution in [0.4, 0.5) is 0 Å². The van der Waals surface area contributed by atoms with Crippen LogP contribution in [0, 0.1) is 6.92 Å². The van der Waals surface area contributed by atoms with Crippen LogP contribution in [0.1, 0.15) is 28.3 Å². The Balaban J connectivity index is 1.73. The zero-order valence-corrected chi connectivity index (χ0v) is 14.5. The second-order valence-electron chi connectivity index (χ2n) is 5.13. The van der Waals surface area contributed by atoms with Crippen LogP contribution < -0.4 is 14.8 Å². The topological polar surface area (TPSA) is 30.5 Å². The van der Waals surface area contributed by atoms with Gasteiger partial charge in [-0.1, -0.05) is 15.9 Å². The summed E-state index contributed by atoms with van der Waals surface area (Å²) in [6.45, 7) is 6.40. The van der Waals surface area contributed by atoms with Gasteiger partial charge < -0.3 is 14.8 Å². The Bertz CT molecular complexity index is 641. The van der Waals surface area contributed by atoms with E-state index in [1.807, 2.05) is 17.4 Å². The number of hydrogen-bond donors (Lipinski definition) is 1. The number of aryl methyl sites for hydroxylation is 1. The largest absolute Gasteiger partial charge is 0.486 e. The van der Waals surface area contributed by atoms with Crippen LogP contribution >= 0.6 is 27.3 Å². The zero-order chi connectivity index (χ0) is 14.8. The molecule has 1 aliphatic heterocycles. The molecule has 0 amide bonds. The molecule has 1 aliphatic rings. The summed E-state index contributed by atoms with van der Waals surface area (Å²) in [4.78, 5) is 2.70.